The van der Waals surface area contributed by atoms with E-state index in [9.17, 15) is 4.79 Å². The number of rotatable bonds is 6. The van der Waals surface area contributed by atoms with Gasteiger partial charge in [0.05, 0.1) is 6.04 Å². The van der Waals surface area contributed by atoms with Gasteiger partial charge in [0.2, 0.25) is 0 Å². The van der Waals surface area contributed by atoms with E-state index in [4.69, 9.17) is 0 Å². The number of amides is 1. The Morgan fingerprint density at radius 2 is 1.76 bits per heavy atom. The quantitative estimate of drug-likeness (QED) is 0.443. The number of nitrogens with zero attached hydrogens (tertiary/aromatic N) is 1. The summed E-state index contributed by atoms with van der Waals surface area (Å²) < 4.78 is 0. The molecule has 1 aliphatic rings. The largest absolute Gasteiger partial charge is 0.332 e. The molecule has 0 radical (unpaired) electrons. The Hall–Kier alpha value is -2.61. The number of carbonyl (C=O) groups excluding carboxylic acids is 1. The highest BCUT2D eigenvalue weighted by Crippen LogP contribution is 2.34. The molecule has 2 heteroatoms. The summed E-state index contributed by atoms with van der Waals surface area (Å²) in [6.07, 6.45) is 5.73. The zero-order chi connectivity index (χ0) is 20.2. The molecule has 2 nitrogen and oxygen atoms in total. The fourth-order valence-corrected chi connectivity index (χ4v) is 4.80. The van der Waals surface area contributed by atoms with E-state index in [1.165, 1.54) is 35.8 Å². The van der Waals surface area contributed by atoms with Crippen molar-refractivity contribution in [2.45, 2.75) is 57.9 Å². The van der Waals surface area contributed by atoms with E-state index < -0.39 is 0 Å². The average Bonchev–Trinajstić information content (AvgIpc) is 3.27. The maximum atomic E-state index is 13.3. The number of carbonyl (C=O) groups is 1. The van der Waals surface area contributed by atoms with E-state index in [2.05, 4.69) is 73.3 Å². The number of fused-ring (bicyclic) bond motifs is 1. The van der Waals surface area contributed by atoms with Crippen molar-refractivity contribution < 1.29 is 4.79 Å². The predicted octanol–water partition coefficient (Wildman–Crippen LogP) is 7.11. The molecule has 1 aliphatic heterocycles. The topological polar surface area (TPSA) is 20.3 Å². The molecule has 150 valence electrons. The summed E-state index contributed by atoms with van der Waals surface area (Å²) in [5.41, 5.74) is 3.46. The molecule has 4 rings (SSSR count). The molecular weight excluding hydrogens is 354 g/mol. The summed E-state index contributed by atoms with van der Waals surface area (Å²) in [7, 11) is 0. The molecule has 2 atom stereocenters. The number of hydrogen-bond acceptors (Lipinski definition) is 1. The van der Waals surface area contributed by atoms with Crippen LogP contribution in [0.25, 0.3) is 10.8 Å². The van der Waals surface area contributed by atoms with Gasteiger partial charge in [-0.2, -0.15) is 0 Å². The van der Waals surface area contributed by atoms with E-state index >= 15 is 0 Å². The first-order chi connectivity index (χ1) is 14.2. The summed E-state index contributed by atoms with van der Waals surface area (Å²) in [6.45, 7) is 5.36. The van der Waals surface area contributed by atoms with E-state index in [0.717, 1.165) is 30.3 Å². The van der Waals surface area contributed by atoms with Gasteiger partial charge in [0, 0.05) is 12.1 Å². The second kappa shape index (κ2) is 8.82. The molecule has 0 aromatic heterocycles. The van der Waals surface area contributed by atoms with E-state index in [0.29, 0.717) is 5.92 Å². The molecule has 1 heterocycles. The number of likely N-dealkylation sites (tertiary alicyclic amines) is 1. The third kappa shape index (κ3) is 4.07. The lowest BCUT2D eigenvalue weighted by Gasteiger charge is -2.25. The fraction of sp³-hybridized carbons (Fsp3) is 0.370. The van der Waals surface area contributed by atoms with Gasteiger partial charge in [-0.1, -0.05) is 74.9 Å². The first kappa shape index (κ1) is 19.7. The van der Waals surface area contributed by atoms with Crippen molar-refractivity contribution in [1.82, 2.24) is 4.90 Å². The van der Waals surface area contributed by atoms with Crippen LogP contribution in [-0.2, 0) is 0 Å². The first-order valence-corrected chi connectivity index (χ1v) is 11.1. The van der Waals surface area contributed by atoms with Gasteiger partial charge in [0.15, 0.2) is 0 Å². The van der Waals surface area contributed by atoms with Crippen LogP contribution in [0.4, 0.5) is 0 Å². The van der Waals surface area contributed by atoms with Crippen LogP contribution in [0.2, 0.25) is 0 Å². The highest BCUT2D eigenvalue weighted by molar-refractivity contribution is 5.99. The van der Waals surface area contributed by atoms with Crippen LogP contribution in [0.5, 0.6) is 0 Å². The Morgan fingerprint density at radius 1 is 1.00 bits per heavy atom. The standard InChI is InChI=1S/C27H31NO/c1-3-9-20(4-2)22-13-14-24-19-25(16-15-23(24)18-22)27(29)28-17-8-12-26(28)21-10-6-5-7-11-21/h5-7,10-11,13-16,18-20,26H,3-4,8-9,12,17H2,1-2H3/t20?,26-/m1/s1. The number of hydrogen-bond donors (Lipinski definition) is 0. The van der Waals surface area contributed by atoms with Gasteiger partial charge < -0.3 is 4.90 Å². The average molecular weight is 386 g/mol. The molecule has 0 bridgehead atoms. The first-order valence-electron chi connectivity index (χ1n) is 11.1. The summed E-state index contributed by atoms with van der Waals surface area (Å²) in [4.78, 5) is 15.4. The minimum atomic E-state index is 0.153. The van der Waals surface area contributed by atoms with Gasteiger partial charge in [0.1, 0.15) is 0 Å². The molecule has 0 spiro atoms. The van der Waals surface area contributed by atoms with Crippen molar-refractivity contribution >= 4 is 16.7 Å². The van der Waals surface area contributed by atoms with Crippen LogP contribution in [-0.4, -0.2) is 17.4 Å². The van der Waals surface area contributed by atoms with Crippen LogP contribution in [0.1, 0.15) is 79.4 Å². The summed E-state index contributed by atoms with van der Waals surface area (Å²) in [5.74, 6) is 0.779. The lowest BCUT2D eigenvalue weighted by Crippen LogP contribution is -2.30. The highest BCUT2D eigenvalue weighted by atomic mass is 16.2. The zero-order valence-corrected chi connectivity index (χ0v) is 17.6. The Bertz CT molecular complexity index is 978. The van der Waals surface area contributed by atoms with Crippen LogP contribution < -0.4 is 0 Å². The highest BCUT2D eigenvalue weighted by Gasteiger charge is 2.30. The van der Waals surface area contributed by atoms with Crippen LogP contribution in [0, 0.1) is 0 Å². The Labute approximate surface area is 174 Å². The molecule has 0 saturated carbocycles. The second-order valence-corrected chi connectivity index (χ2v) is 8.28. The lowest BCUT2D eigenvalue weighted by molar-refractivity contribution is 0.0736. The maximum Gasteiger partial charge on any atom is 0.254 e. The molecular formula is C27H31NO. The monoisotopic (exact) mass is 385 g/mol. The molecule has 0 N–H and O–H groups in total. The summed E-state index contributed by atoms with van der Waals surface area (Å²) in [5, 5.41) is 2.39. The summed E-state index contributed by atoms with van der Waals surface area (Å²) >= 11 is 0. The predicted molar refractivity (Wildman–Crippen MR) is 121 cm³/mol. The zero-order valence-electron chi connectivity index (χ0n) is 17.6. The lowest BCUT2D eigenvalue weighted by atomic mass is 9.90. The van der Waals surface area contributed by atoms with E-state index in [1.807, 2.05) is 12.1 Å². The van der Waals surface area contributed by atoms with Gasteiger partial charge in [-0.25, -0.2) is 0 Å². The molecule has 1 unspecified atom stereocenters. The number of benzene rings is 3. The third-order valence-electron chi connectivity index (χ3n) is 6.41. The van der Waals surface area contributed by atoms with Crippen LogP contribution in [0.15, 0.2) is 66.7 Å². The Morgan fingerprint density at radius 3 is 2.52 bits per heavy atom. The maximum absolute atomic E-state index is 13.3. The third-order valence-corrected chi connectivity index (χ3v) is 6.41. The van der Waals surface area contributed by atoms with Crippen molar-refractivity contribution in [3.63, 3.8) is 0 Å². The Kier molecular flexibility index (Phi) is 5.99. The molecule has 1 saturated heterocycles. The molecule has 3 aromatic carbocycles. The molecule has 3 aromatic rings. The van der Waals surface area contributed by atoms with Crippen molar-refractivity contribution in [1.29, 1.82) is 0 Å². The molecule has 1 fully saturated rings. The molecule has 0 aliphatic carbocycles. The van der Waals surface area contributed by atoms with Gasteiger partial charge in [0.25, 0.3) is 5.91 Å². The van der Waals surface area contributed by atoms with Gasteiger partial charge in [-0.05, 0) is 65.6 Å². The van der Waals surface area contributed by atoms with Crippen LogP contribution >= 0.6 is 0 Å². The van der Waals surface area contributed by atoms with Crippen LogP contribution in [0.3, 0.4) is 0 Å². The normalized spacial score (nSPS) is 17.6. The van der Waals surface area contributed by atoms with Crippen molar-refractivity contribution in [2.75, 3.05) is 6.54 Å². The molecule has 1 amide bonds. The van der Waals surface area contributed by atoms with Gasteiger partial charge >= 0.3 is 0 Å². The van der Waals surface area contributed by atoms with Crippen molar-refractivity contribution in [3.8, 4) is 0 Å². The van der Waals surface area contributed by atoms with Gasteiger partial charge in [-0.3, -0.25) is 4.79 Å². The second-order valence-electron chi connectivity index (χ2n) is 8.28. The van der Waals surface area contributed by atoms with E-state index in [-0.39, 0.29) is 11.9 Å². The van der Waals surface area contributed by atoms with Crippen molar-refractivity contribution in [3.05, 3.63) is 83.4 Å². The smallest absolute Gasteiger partial charge is 0.254 e. The fourth-order valence-electron chi connectivity index (χ4n) is 4.80. The Balaban J connectivity index is 1.60. The van der Waals surface area contributed by atoms with E-state index in [1.54, 1.807) is 0 Å². The van der Waals surface area contributed by atoms with Crippen molar-refractivity contribution in [2.24, 2.45) is 0 Å². The van der Waals surface area contributed by atoms with Gasteiger partial charge in [-0.15, -0.1) is 0 Å². The summed E-state index contributed by atoms with van der Waals surface area (Å²) in [6, 6.07) is 23.6. The molecule has 29 heavy (non-hydrogen) atoms. The minimum absolute atomic E-state index is 0.153. The minimum Gasteiger partial charge on any atom is -0.332 e. The SMILES string of the molecule is CCCC(CC)c1ccc2cc(C(=O)N3CCC[C@@H]3c3ccccc3)ccc2c1.